The SMILES string of the molecule is COc1ccc(S(=O)(=O)N[C@@H](C)C(=O)NC[C@@H]2CCCO2)cc1OC. The molecule has 0 aromatic heterocycles. The van der Waals surface area contributed by atoms with Gasteiger partial charge in [0.2, 0.25) is 15.9 Å². The molecule has 2 N–H and O–H groups in total. The molecule has 25 heavy (non-hydrogen) atoms. The lowest BCUT2D eigenvalue weighted by Gasteiger charge is -2.17. The number of hydrogen-bond donors (Lipinski definition) is 2. The second-order valence-electron chi connectivity index (χ2n) is 5.74. The van der Waals surface area contributed by atoms with Gasteiger partial charge in [-0.05, 0) is 31.9 Å². The van der Waals surface area contributed by atoms with Gasteiger partial charge in [-0.3, -0.25) is 4.79 Å². The highest BCUT2D eigenvalue weighted by molar-refractivity contribution is 7.89. The van der Waals surface area contributed by atoms with E-state index in [0.29, 0.717) is 24.7 Å². The smallest absolute Gasteiger partial charge is 0.241 e. The fourth-order valence-electron chi connectivity index (χ4n) is 2.51. The lowest BCUT2D eigenvalue weighted by molar-refractivity contribution is -0.122. The van der Waals surface area contributed by atoms with Crippen LogP contribution in [0, 0.1) is 0 Å². The fraction of sp³-hybridized carbons (Fsp3) is 0.562. The Hall–Kier alpha value is -1.84. The van der Waals surface area contributed by atoms with Crippen LogP contribution in [0.5, 0.6) is 11.5 Å². The number of carbonyl (C=O) groups is 1. The van der Waals surface area contributed by atoms with Crippen molar-refractivity contribution in [2.75, 3.05) is 27.4 Å². The van der Waals surface area contributed by atoms with Gasteiger partial charge < -0.3 is 19.5 Å². The zero-order chi connectivity index (χ0) is 18.4. The van der Waals surface area contributed by atoms with E-state index in [2.05, 4.69) is 10.0 Å². The number of hydrogen-bond acceptors (Lipinski definition) is 6. The predicted molar refractivity (Wildman–Crippen MR) is 91.3 cm³/mol. The number of ether oxygens (including phenoxy) is 3. The molecule has 140 valence electrons. The Morgan fingerprint density at radius 2 is 2.04 bits per heavy atom. The van der Waals surface area contributed by atoms with E-state index in [0.717, 1.165) is 12.8 Å². The molecule has 0 bridgehead atoms. The van der Waals surface area contributed by atoms with Gasteiger partial charge in [0.05, 0.1) is 31.3 Å². The van der Waals surface area contributed by atoms with Crippen molar-refractivity contribution in [3.05, 3.63) is 18.2 Å². The summed E-state index contributed by atoms with van der Waals surface area (Å²) in [7, 11) is -0.995. The van der Waals surface area contributed by atoms with Crippen LogP contribution in [0.25, 0.3) is 0 Å². The van der Waals surface area contributed by atoms with Crippen LogP contribution < -0.4 is 19.5 Å². The zero-order valence-corrected chi connectivity index (χ0v) is 15.4. The molecule has 0 unspecified atom stereocenters. The van der Waals surface area contributed by atoms with Crippen molar-refractivity contribution in [3.63, 3.8) is 0 Å². The van der Waals surface area contributed by atoms with Crippen LogP contribution >= 0.6 is 0 Å². The lowest BCUT2D eigenvalue weighted by Crippen LogP contribution is -2.46. The topological polar surface area (TPSA) is 103 Å². The number of amides is 1. The van der Waals surface area contributed by atoms with Gasteiger partial charge in [-0.15, -0.1) is 0 Å². The van der Waals surface area contributed by atoms with Crippen molar-refractivity contribution >= 4 is 15.9 Å². The first-order valence-corrected chi connectivity index (χ1v) is 9.49. The van der Waals surface area contributed by atoms with E-state index < -0.39 is 22.0 Å². The van der Waals surface area contributed by atoms with Crippen LogP contribution in [0.15, 0.2) is 23.1 Å². The van der Waals surface area contributed by atoms with Crippen LogP contribution in [0.3, 0.4) is 0 Å². The van der Waals surface area contributed by atoms with Gasteiger partial charge in [0.15, 0.2) is 11.5 Å². The molecule has 1 amide bonds. The summed E-state index contributed by atoms with van der Waals surface area (Å²) in [6.07, 6.45) is 1.87. The Kier molecular flexibility index (Phi) is 6.63. The lowest BCUT2D eigenvalue weighted by atomic mass is 10.2. The molecule has 2 atom stereocenters. The first-order chi connectivity index (χ1) is 11.9. The minimum atomic E-state index is -3.88. The van der Waals surface area contributed by atoms with Crippen LogP contribution in [0.4, 0.5) is 0 Å². The van der Waals surface area contributed by atoms with E-state index in [4.69, 9.17) is 14.2 Å². The van der Waals surface area contributed by atoms with Crippen LogP contribution in [-0.2, 0) is 19.6 Å². The van der Waals surface area contributed by atoms with Crippen LogP contribution in [0.2, 0.25) is 0 Å². The second kappa shape index (κ2) is 8.50. The predicted octanol–water partition coefficient (Wildman–Crippen LogP) is 0.666. The Labute approximate surface area is 147 Å². The van der Waals surface area contributed by atoms with Crippen molar-refractivity contribution in [3.8, 4) is 11.5 Å². The van der Waals surface area contributed by atoms with Gasteiger partial charge in [0.25, 0.3) is 0 Å². The largest absolute Gasteiger partial charge is 0.493 e. The van der Waals surface area contributed by atoms with Gasteiger partial charge >= 0.3 is 0 Å². The normalized spacial score (nSPS) is 18.6. The van der Waals surface area contributed by atoms with Crippen molar-refractivity contribution in [2.24, 2.45) is 0 Å². The molecule has 1 fully saturated rings. The molecule has 1 aliphatic heterocycles. The number of sulfonamides is 1. The first kappa shape index (κ1) is 19.5. The van der Waals surface area contributed by atoms with Crippen molar-refractivity contribution in [1.82, 2.24) is 10.0 Å². The van der Waals surface area contributed by atoms with E-state index in [1.807, 2.05) is 0 Å². The molecule has 1 aliphatic rings. The Bertz CT molecular complexity index is 701. The summed E-state index contributed by atoms with van der Waals surface area (Å²) in [5.41, 5.74) is 0. The van der Waals surface area contributed by atoms with Gasteiger partial charge in [-0.1, -0.05) is 0 Å². The minimum Gasteiger partial charge on any atom is -0.493 e. The molecule has 8 nitrogen and oxygen atoms in total. The molecule has 1 aromatic rings. The number of benzene rings is 1. The van der Waals surface area contributed by atoms with E-state index >= 15 is 0 Å². The highest BCUT2D eigenvalue weighted by atomic mass is 32.2. The molecule has 0 radical (unpaired) electrons. The first-order valence-electron chi connectivity index (χ1n) is 8.01. The Morgan fingerprint density at radius 3 is 2.64 bits per heavy atom. The number of carbonyl (C=O) groups excluding carboxylic acids is 1. The molecule has 1 saturated heterocycles. The van der Waals surface area contributed by atoms with Crippen LogP contribution in [-0.4, -0.2) is 53.8 Å². The average molecular weight is 372 g/mol. The molecule has 2 rings (SSSR count). The van der Waals surface area contributed by atoms with E-state index in [9.17, 15) is 13.2 Å². The quantitative estimate of drug-likeness (QED) is 0.695. The molecular weight excluding hydrogens is 348 g/mol. The standard InChI is InChI=1S/C16H24N2O6S/c1-11(16(19)17-10-12-5-4-8-24-12)18-25(20,21)13-6-7-14(22-2)15(9-13)23-3/h6-7,9,11-12,18H,4-5,8,10H2,1-3H3,(H,17,19)/t11-,12-/m0/s1. The molecular formula is C16H24N2O6S. The average Bonchev–Trinajstić information content (AvgIpc) is 3.12. The number of methoxy groups -OCH3 is 2. The summed E-state index contributed by atoms with van der Waals surface area (Å²) >= 11 is 0. The van der Waals surface area contributed by atoms with Crippen LogP contribution in [0.1, 0.15) is 19.8 Å². The molecule has 0 spiro atoms. The van der Waals surface area contributed by atoms with Crippen molar-refractivity contribution in [1.29, 1.82) is 0 Å². The third-order valence-electron chi connectivity index (χ3n) is 3.92. The summed E-state index contributed by atoms with van der Waals surface area (Å²) in [6, 6.07) is 3.31. The summed E-state index contributed by atoms with van der Waals surface area (Å²) in [5, 5.41) is 2.70. The maximum Gasteiger partial charge on any atom is 0.241 e. The van der Waals surface area contributed by atoms with Gasteiger partial charge in [0, 0.05) is 19.2 Å². The summed E-state index contributed by atoms with van der Waals surface area (Å²) in [5.74, 6) is 0.309. The summed E-state index contributed by atoms with van der Waals surface area (Å²) in [6.45, 7) is 2.56. The van der Waals surface area contributed by atoms with Crippen molar-refractivity contribution in [2.45, 2.75) is 36.8 Å². The molecule has 0 saturated carbocycles. The molecule has 1 heterocycles. The fourth-order valence-corrected chi connectivity index (χ4v) is 3.73. The maximum absolute atomic E-state index is 12.5. The highest BCUT2D eigenvalue weighted by Gasteiger charge is 2.24. The Balaban J connectivity index is 2.00. The zero-order valence-electron chi connectivity index (χ0n) is 14.6. The van der Waals surface area contributed by atoms with Gasteiger partial charge in [0.1, 0.15) is 0 Å². The molecule has 0 aliphatic carbocycles. The third-order valence-corrected chi connectivity index (χ3v) is 5.46. The van der Waals surface area contributed by atoms with Gasteiger partial charge in [-0.2, -0.15) is 4.72 Å². The molecule has 1 aromatic carbocycles. The van der Waals surface area contributed by atoms with Crippen molar-refractivity contribution < 1.29 is 27.4 Å². The monoisotopic (exact) mass is 372 g/mol. The Morgan fingerprint density at radius 1 is 1.32 bits per heavy atom. The highest BCUT2D eigenvalue weighted by Crippen LogP contribution is 2.29. The number of nitrogens with one attached hydrogen (secondary N) is 2. The van der Waals surface area contributed by atoms with E-state index in [1.165, 1.54) is 39.3 Å². The van der Waals surface area contributed by atoms with E-state index in [-0.39, 0.29) is 11.0 Å². The second-order valence-corrected chi connectivity index (χ2v) is 7.45. The van der Waals surface area contributed by atoms with Gasteiger partial charge in [-0.25, -0.2) is 8.42 Å². The minimum absolute atomic E-state index is 0.00129. The third kappa shape index (κ3) is 5.07. The summed E-state index contributed by atoms with van der Waals surface area (Å²) in [4.78, 5) is 12.1. The van der Waals surface area contributed by atoms with E-state index in [1.54, 1.807) is 0 Å². The number of rotatable bonds is 8. The molecule has 9 heteroatoms. The summed E-state index contributed by atoms with van der Waals surface area (Å²) < 4.78 is 42.9. The maximum atomic E-state index is 12.5.